The summed E-state index contributed by atoms with van der Waals surface area (Å²) in [7, 11) is 0. The van der Waals surface area contributed by atoms with E-state index in [1.54, 1.807) is 0 Å². The summed E-state index contributed by atoms with van der Waals surface area (Å²) < 4.78 is 0. The second kappa shape index (κ2) is 5.25. The number of rotatable bonds is 2. The highest BCUT2D eigenvalue weighted by atomic mass is 35.5. The van der Waals surface area contributed by atoms with Gasteiger partial charge in [0.25, 0.3) is 0 Å². The number of hydrogen-bond acceptors (Lipinski definition) is 3. The molecule has 1 fully saturated rings. The molecule has 3 nitrogen and oxygen atoms in total. The molecule has 2 N–H and O–H groups in total. The van der Waals surface area contributed by atoms with Gasteiger partial charge in [0.2, 0.25) is 0 Å². The average Bonchev–Trinajstić information content (AvgIpc) is 2.34. The topological polar surface area (TPSA) is 35.5 Å². The third-order valence-corrected chi connectivity index (χ3v) is 3.83. The van der Waals surface area contributed by atoms with E-state index >= 15 is 0 Å². The maximum absolute atomic E-state index is 9.25. The zero-order valence-corrected chi connectivity index (χ0v) is 11.0. The standard InChI is InChI=1S/C13H19ClN2O/c1-9-6-15-11(8-17)7-16(9)13-5-3-4-12(14)10(13)2/h3-5,9,11,15,17H,6-8H2,1-2H3. The van der Waals surface area contributed by atoms with E-state index in [0.717, 1.165) is 23.7 Å². The highest BCUT2D eigenvalue weighted by Crippen LogP contribution is 2.28. The number of piperazine rings is 1. The predicted octanol–water partition coefficient (Wildman–Crippen LogP) is 1.81. The van der Waals surface area contributed by atoms with E-state index in [-0.39, 0.29) is 12.6 Å². The van der Waals surface area contributed by atoms with Gasteiger partial charge in [-0.05, 0) is 31.5 Å². The fraction of sp³-hybridized carbons (Fsp3) is 0.538. The molecule has 1 heterocycles. The van der Waals surface area contributed by atoms with Crippen molar-refractivity contribution >= 4 is 17.3 Å². The van der Waals surface area contributed by atoms with Crippen LogP contribution in [0, 0.1) is 6.92 Å². The second-order valence-electron chi connectivity index (χ2n) is 4.67. The lowest BCUT2D eigenvalue weighted by Gasteiger charge is -2.40. The molecular weight excluding hydrogens is 236 g/mol. The number of halogens is 1. The summed E-state index contributed by atoms with van der Waals surface area (Å²) in [5, 5.41) is 13.4. The molecule has 1 aromatic carbocycles. The number of aliphatic hydroxyl groups is 1. The van der Waals surface area contributed by atoms with Crippen LogP contribution in [0.25, 0.3) is 0 Å². The first-order valence-electron chi connectivity index (χ1n) is 5.99. The van der Waals surface area contributed by atoms with Gasteiger partial charge in [-0.3, -0.25) is 0 Å². The Balaban J connectivity index is 2.27. The number of nitrogens with zero attached hydrogens (tertiary/aromatic N) is 1. The largest absolute Gasteiger partial charge is 0.395 e. The summed E-state index contributed by atoms with van der Waals surface area (Å²) in [6.07, 6.45) is 0. The van der Waals surface area contributed by atoms with Crippen LogP contribution in [0.1, 0.15) is 12.5 Å². The van der Waals surface area contributed by atoms with Crippen LogP contribution >= 0.6 is 11.6 Å². The van der Waals surface area contributed by atoms with E-state index in [9.17, 15) is 5.11 Å². The van der Waals surface area contributed by atoms with Crippen molar-refractivity contribution in [1.29, 1.82) is 0 Å². The highest BCUT2D eigenvalue weighted by Gasteiger charge is 2.25. The molecule has 4 heteroatoms. The van der Waals surface area contributed by atoms with Crippen LogP contribution in [-0.4, -0.2) is 36.9 Å². The van der Waals surface area contributed by atoms with E-state index < -0.39 is 0 Å². The summed E-state index contributed by atoms with van der Waals surface area (Å²) in [4.78, 5) is 2.32. The van der Waals surface area contributed by atoms with Crippen LogP contribution in [0.5, 0.6) is 0 Å². The molecule has 2 atom stereocenters. The molecule has 1 saturated heterocycles. The van der Waals surface area contributed by atoms with Gasteiger partial charge in [0.05, 0.1) is 6.61 Å². The summed E-state index contributed by atoms with van der Waals surface area (Å²) in [6.45, 7) is 6.10. The molecule has 2 rings (SSSR count). The molecule has 0 amide bonds. The van der Waals surface area contributed by atoms with E-state index in [1.807, 2.05) is 19.1 Å². The van der Waals surface area contributed by atoms with Gasteiger partial charge in [-0.1, -0.05) is 17.7 Å². The van der Waals surface area contributed by atoms with Crippen molar-refractivity contribution in [2.24, 2.45) is 0 Å². The monoisotopic (exact) mass is 254 g/mol. The van der Waals surface area contributed by atoms with E-state index in [4.69, 9.17) is 11.6 Å². The molecular formula is C13H19ClN2O. The lowest BCUT2D eigenvalue weighted by molar-refractivity contribution is 0.227. The van der Waals surface area contributed by atoms with Crippen LogP contribution in [-0.2, 0) is 0 Å². The predicted molar refractivity (Wildman–Crippen MR) is 71.9 cm³/mol. The molecule has 0 saturated carbocycles. The fourth-order valence-electron chi connectivity index (χ4n) is 2.29. The molecule has 1 aliphatic rings. The molecule has 1 aromatic rings. The number of anilines is 1. The van der Waals surface area contributed by atoms with Gasteiger partial charge < -0.3 is 15.3 Å². The molecule has 0 aliphatic carbocycles. The van der Waals surface area contributed by atoms with Gasteiger partial charge in [-0.15, -0.1) is 0 Å². The normalized spacial score (nSPS) is 25.1. The smallest absolute Gasteiger partial charge is 0.0601 e. The van der Waals surface area contributed by atoms with E-state index in [1.165, 1.54) is 5.69 Å². The lowest BCUT2D eigenvalue weighted by Crippen LogP contribution is -2.57. The van der Waals surface area contributed by atoms with Gasteiger partial charge in [0.15, 0.2) is 0 Å². The second-order valence-corrected chi connectivity index (χ2v) is 5.08. The Hall–Kier alpha value is -0.770. The Morgan fingerprint density at radius 3 is 3.00 bits per heavy atom. The lowest BCUT2D eigenvalue weighted by atomic mass is 10.1. The van der Waals surface area contributed by atoms with Crippen molar-refractivity contribution in [2.45, 2.75) is 25.9 Å². The molecule has 0 bridgehead atoms. The fourth-order valence-corrected chi connectivity index (χ4v) is 2.46. The van der Waals surface area contributed by atoms with Crippen molar-refractivity contribution in [3.05, 3.63) is 28.8 Å². The zero-order chi connectivity index (χ0) is 12.4. The maximum atomic E-state index is 9.25. The van der Waals surface area contributed by atoms with Crippen molar-refractivity contribution in [2.75, 3.05) is 24.6 Å². The molecule has 0 radical (unpaired) electrons. The van der Waals surface area contributed by atoms with Gasteiger partial charge >= 0.3 is 0 Å². The zero-order valence-electron chi connectivity index (χ0n) is 10.3. The molecule has 0 aromatic heterocycles. The Labute approximate surface area is 107 Å². The summed E-state index contributed by atoms with van der Waals surface area (Å²) in [5.74, 6) is 0. The number of benzene rings is 1. The van der Waals surface area contributed by atoms with Crippen LogP contribution in [0.4, 0.5) is 5.69 Å². The molecule has 1 aliphatic heterocycles. The average molecular weight is 255 g/mol. The minimum Gasteiger partial charge on any atom is -0.395 e. The number of hydrogen-bond donors (Lipinski definition) is 2. The highest BCUT2D eigenvalue weighted by molar-refractivity contribution is 6.31. The van der Waals surface area contributed by atoms with Crippen molar-refractivity contribution in [3.63, 3.8) is 0 Å². The maximum Gasteiger partial charge on any atom is 0.0601 e. The third kappa shape index (κ3) is 2.57. The van der Waals surface area contributed by atoms with Crippen molar-refractivity contribution < 1.29 is 5.11 Å². The van der Waals surface area contributed by atoms with Gasteiger partial charge in [0, 0.05) is 35.9 Å². The minimum absolute atomic E-state index is 0.143. The Kier molecular flexibility index (Phi) is 3.92. The first-order valence-corrected chi connectivity index (χ1v) is 6.37. The Bertz CT molecular complexity index is 397. The van der Waals surface area contributed by atoms with Gasteiger partial charge in [0.1, 0.15) is 0 Å². The van der Waals surface area contributed by atoms with Crippen molar-refractivity contribution in [3.8, 4) is 0 Å². The van der Waals surface area contributed by atoms with Crippen LogP contribution in [0.2, 0.25) is 5.02 Å². The number of aliphatic hydroxyl groups excluding tert-OH is 1. The Morgan fingerprint density at radius 2 is 2.29 bits per heavy atom. The summed E-state index contributed by atoms with van der Waals surface area (Å²) in [5.41, 5.74) is 2.28. The van der Waals surface area contributed by atoms with Gasteiger partial charge in [-0.2, -0.15) is 0 Å². The SMILES string of the molecule is Cc1c(Cl)cccc1N1CC(CO)NCC1C. The number of nitrogens with one attached hydrogen (secondary N) is 1. The van der Waals surface area contributed by atoms with Crippen molar-refractivity contribution in [1.82, 2.24) is 5.32 Å². The van der Waals surface area contributed by atoms with Crippen LogP contribution in [0.3, 0.4) is 0 Å². The Morgan fingerprint density at radius 1 is 1.53 bits per heavy atom. The minimum atomic E-state index is 0.143. The quantitative estimate of drug-likeness (QED) is 0.845. The van der Waals surface area contributed by atoms with Crippen LogP contribution < -0.4 is 10.2 Å². The first kappa shape index (κ1) is 12.7. The van der Waals surface area contributed by atoms with E-state index in [0.29, 0.717) is 6.04 Å². The first-order chi connectivity index (χ1) is 8.13. The van der Waals surface area contributed by atoms with Crippen LogP contribution in [0.15, 0.2) is 18.2 Å². The molecule has 0 spiro atoms. The third-order valence-electron chi connectivity index (χ3n) is 3.42. The molecule has 17 heavy (non-hydrogen) atoms. The van der Waals surface area contributed by atoms with E-state index in [2.05, 4.69) is 23.2 Å². The molecule has 2 unspecified atom stereocenters. The van der Waals surface area contributed by atoms with Gasteiger partial charge in [-0.25, -0.2) is 0 Å². The summed E-state index contributed by atoms with van der Waals surface area (Å²) >= 11 is 6.16. The molecule has 94 valence electrons. The summed E-state index contributed by atoms with van der Waals surface area (Å²) in [6, 6.07) is 6.54.